The van der Waals surface area contributed by atoms with Gasteiger partial charge in [-0.2, -0.15) is 0 Å². The van der Waals surface area contributed by atoms with Crippen LogP contribution >= 0.6 is 23.2 Å². The number of rotatable bonds is 3. The maximum Gasteiger partial charge on any atom is 0.328 e. The van der Waals surface area contributed by atoms with Crippen LogP contribution in [-0.2, 0) is 9.59 Å². The Morgan fingerprint density at radius 3 is 2.31 bits per heavy atom. The Balaban J connectivity index is 1.96. The zero-order chi connectivity index (χ0) is 19.0. The average Bonchev–Trinajstić information content (AvgIpc) is 3.01. The van der Waals surface area contributed by atoms with Crippen LogP contribution in [0.4, 0.5) is 10.5 Å². The summed E-state index contributed by atoms with van der Waals surface area (Å²) in [7, 11) is 0. The van der Waals surface area contributed by atoms with E-state index in [0.717, 1.165) is 12.1 Å². The number of nitro benzene ring substituents is 1. The van der Waals surface area contributed by atoms with Crippen molar-refractivity contribution in [2.24, 2.45) is 0 Å². The van der Waals surface area contributed by atoms with Gasteiger partial charge in [-0.05, 0) is 24.3 Å². The first-order valence-electron chi connectivity index (χ1n) is 6.88. The Labute approximate surface area is 154 Å². The minimum absolute atomic E-state index is 0.0356. The molecule has 3 rings (SSSR count). The fraction of sp³-hybridized carbons (Fsp3) is 0. The first-order chi connectivity index (χ1) is 12.3. The van der Waals surface area contributed by atoms with Crippen molar-refractivity contribution in [3.8, 4) is 11.3 Å². The average molecular weight is 396 g/mol. The van der Waals surface area contributed by atoms with Gasteiger partial charge in [0.25, 0.3) is 17.5 Å². The number of halogens is 2. The Morgan fingerprint density at radius 1 is 1.04 bits per heavy atom. The molecule has 1 aromatic heterocycles. The van der Waals surface area contributed by atoms with Crippen LogP contribution in [0.2, 0.25) is 10.0 Å². The topological polar surface area (TPSA) is 132 Å². The van der Waals surface area contributed by atoms with E-state index < -0.39 is 22.8 Å². The molecule has 0 aliphatic carbocycles. The van der Waals surface area contributed by atoms with Gasteiger partial charge in [0.15, 0.2) is 0 Å². The molecule has 0 unspecified atom stereocenters. The van der Waals surface area contributed by atoms with E-state index in [4.69, 9.17) is 27.6 Å². The van der Waals surface area contributed by atoms with Crippen molar-refractivity contribution in [3.05, 3.63) is 55.8 Å². The lowest BCUT2D eigenvalue weighted by Crippen LogP contribution is -2.51. The Hall–Kier alpha value is -3.17. The molecule has 2 aromatic rings. The summed E-state index contributed by atoms with van der Waals surface area (Å²) in [5.74, 6) is -1.40. The fourth-order valence-electron chi connectivity index (χ4n) is 2.19. The largest absolute Gasteiger partial charge is 0.457 e. The first-order valence-corrected chi connectivity index (χ1v) is 7.64. The maximum absolute atomic E-state index is 11.7. The van der Waals surface area contributed by atoms with Crippen LogP contribution in [0.1, 0.15) is 5.76 Å². The summed E-state index contributed by atoms with van der Waals surface area (Å²) in [5, 5.41) is 14.6. The number of hydrogen-bond acceptors (Lipinski definition) is 6. The molecule has 11 heteroatoms. The van der Waals surface area contributed by atoms with Crippen LogP contribution in [-0.4, -0.2) is 22.8 Å². The van der Waals surface area contributed by atoms with E-state index in [1.54, 1.807) is 0 Å². The van der Waals surface area contributed by atoms with E-state index in [-0.39, 0.29) is 32.8 Å². The highest BCUT2D eigenvalue weighted by Crippen LogP contribution is 2.37. The van der Waals surface area contributed by atoms with Crippen molar-refractivity contribution in [2.45, 2.75) is 0 Å². The second-order valence-corrected chi connectivity index (χ2v) is 5.85. The van der Waals surface area contributed by atoms with E-state index in [9.17, 15) is 24.5 Å². The van der Waals surface area contributed by atoms with Gasteiger partial charge in [0.1, 0.15) is 22.1 Å². The number of nitrogens with one attached hydrogen (secondary N) is 2. The molecule has 9 nitrogen and oxygen atoms in total. The molecular weight excluding hydrogens is 389 g/mol. The fourth-order valence-corrected chi connectivity index (χ4v) is 2.67. The number of imide groups is 2. The van der Waals surface area contributed by atoms with Gasteiger partial charge in [-0.15, -0.1) is 0 Å². The molecular formula is C15H7Cl2N3O6. The minimum atomic E-state index is -0.912. The van der Waals surface area contributed by atoms with Crippen molar-refractivity contribution in [3.63, 3.8) is 0 Å². The van der Waals surface area contributed by atoms with Gasteiger partial charge in [0.2, 0.25) is 0 Å². The second kappa shape index (κ2) is 6.62. The minimum Gasteiger partial charge on any atom is -0.457 e. The summed E-state index contributed by atoms with van der Waals surface area (Å²) in [6, 6.07) is 4.39. The number of nitro groups is 1. The normalized spacial score (nSPS) is 14.1. The lowest BCUT2D eigenvalue weighted by molar-refractivity contribution is -0.384. The van der Waals surface area contributed by atoms with Gasteiger partial charge in [0.05, 0.1) is 9.95 Å². The Kier molecular flexibility index (Phi) is 4.49. The lowest BCUT2D eigenvalue weighted by Gasteiger charge is -2.13. The molecule has 1 saturated heterocycles. The smallest absolute Gasteiger partial charge is 0.328 e. The first kappa shape index (κ1) is 17.6. The van der Waals surface area contributed by atoms with Crippen molar-refractivity contribution >= 4 is 52.8 Å². The molecule has 26 heavy (non-hydrogen) atoms. The third kappa shape index (κ3) is 3.30. The molecule has 2 N–H and O–H groups in total. The molecule has 132 valence electrons. The van der Waals surface area contributed by atoms with Crippen molar-refractivity contribution in [1.29, 1.82) is 0 Å². The molecule has 0 radical (unpaired) electrons. The van der Waals surface area contributed by atoms with Crippen LogP contribution in [0.15, 0.2) is 34.3 Å². The van der Waals surface area contributed by atoms with Crippen LogP contribution in [0, 0.1) is 10.1 Å². The zero-order valence-corrected chi connectivity index (χ0v) is 14.1. The monoisotopic (exact) mass is 395 g/mol. The predicted octanol–water partition coefficient (Wildman–Crippen LogP) is 2.91. The van der Waals surface area contributed by atoms with E-state index in [1.807, 2.05) is 10.6 Å². The number of furan rings is 1. The van der Waals surface area contributed by atoms with E-state index >= 15 is 0 Å². The Morgan fingerprint density at radius 2 is 1.69 bits per heavy atom. The lowest BCUT2D eigenvalue weighted by atomic mass is 10.1. The van der Waals surface area contributed by atoms with Gasteiger partial charge in [-0.1, -0.05) is 23.2 Å². The van der Waals surface area contributed by atoms with E-state index in [1.165, 1.54) is 18.2 Å². The molecule has 1 fully saturated rings. The number of benzene rings is 1. The van der Waals surface area contributed by atoms with E-state index in [2.05, 4.69) is 0 Å². The number of hydrogen-bond donors (Lipinski definition) is 2. The number of urea groups is 1. The number of barbiturate groups is 1. The summed E-state index contributed by atoms with van der Waals surface area (Å²) in [5.41, 5.74) is -0.382. The summed E-state index contributed by atoms with van der Waals surface area (Å²) in [6.07, 6.45) is 1.14. The predicted molar refractivity (Wildman–Crippen MR) is 90.5 cm³/mol. The molecule has 4 amide bonds. The molecule has 0 atom stereocenters. The van der Waals surface area contributed by atoms with Crippen LogP contribution < -0.4 is 10.6 Å². The summed E-state index contributed by atoms with van der Waals surface area (Å²) >= 11 is 11.9. The van der Waals surface area contributed by atoms with Gasteiger partial charge in [-0.25, -0.2) is 4.79 Å². The van der Waals surface area contributed by atoms with E-state index in [0.29, 0.717) is 5.56 Å². The molecule has 0 bridgehead atoms. The number of nitrogens with zero attached hydrogens (tertiary/aromatic N) is 1. The standard InChI is InChI=1S/C15H7Cl2N3O6/c16-9-5-11(20(24)25)10(17)4-7(9)12-2-1-6(26-12)3-8-13(21)18-15(23)19-14(8)22/h1-5H,(H2,18,19,21,22,23). The van der Waals surface area contributed by atoms with Crippen LogP contribution in [0.5, 0.6) is 0 Å². The third-order valence-electron chi connectivity index (χ3n) is 3.36. The van der Waals surface area contributed by atoms with Gasteiger partial charge in [0, 0.05) is 11.6 Å². The number of amides is 4. The highest BCUT2D eigenvalue weighted by Gasteiger charge is 2.28. The molecule has 0 saturated carbocycles. The third-order valence-corrected chi connectivity index (χ3v) is 3.97. The molecule has 1 aliphatic rings. The quantitative estimate of drug-likeness (QED) is 0.355. The molecule has 1 aliphatic heterocycles. The van der Waals surface area contributed by atoms with Gasteiger partial charge in [-0.3, -0.25) is 30.3 Å². The second-order valence-electron chi connectivity index (χ2n) is 5.04. The van der Waals surface area contributed by atoms with Gasteiger partial charge >= 0.3 is 6.03 Å². The highest BCUT2D eigenvalue weighted by atomic mass is 35.5. The summed E-state index contributed by atoms with van der Waals surface area (Å²) < 4.78 is 5.50. The van der Waals surface area contributed by atoms with Crippen LogP contribution in [0.25, 0.3) is 17.4 Å². The SMILES string of the molecule is O=C1NC(=O)C(=Cc2ccc(-c3cc(Cl)c([N+](=O)[O-])cc3Cl)o2)C(=O)N1. The number of carbonyl (C=O) groups is 3. The van der Waals surface area contributed by atoms with Crippen molar-refractivity contribution in [1.82, 2.24) is 10.6 Å². The zero-order valence-electron chi connectivity index (χ0n) is 12.5. The van der Waals surface area contributed by atoms with Crippen molar-refractivity contribution in [2.75, 3.05) is 0 Å². The highest BCUT2D eigenvalue weighted by molar-refractivity contribution is 6.36. The van der Waals surface area contributed by atoms with Crippen LogP contribution in [0.3, 0.4) is 0 Å². The summed E-state index contributed by atoms with van der Waals surface area (Å²) in [4.78, 5) is 44.6. The Bertz CT molecular complexity index is 989. The van der Waals surface area contributed by atoms with Crippen molar-refractivity contribution < 1.29 is 23.7 Å². The molecule has 2 heterocycles. The maximum atomic E-state index is 11.7. The summed E-state index contributed by atoms with van der Waals surface area (Å²) in [6.45, 7) is 0. The number of carbonyl (C=O) groups excluding carboxylic acids is 3. The molecule has 1 aromatic carbocycles. The molecule has 0 spiro atoms. The van der Waals surface area contributed by atoms with Gasteiger partial charge < -0.3 is 4.42 Å².